The number of nitrogens with zero attached hydrogens (tertiary/aromatic N) is 1. The molecule has 1 aromatic carbocycles. The van der Waals surface area contributed by atoms with Crippen molar-refractivity contribution >= 4 is 11.8 Å². The van der Waals surface area contributed by atoms with Gasteiger partial charge in [0, 0.05) is 29.8 Å². The number of hydrogen-bond donors (Lipinski definition) is 1. The van der Waals surface area contributed by atoms with E-state index in [-0.39, 0.29) is 5.60 Å². The van der Waals surface area contributed by atoms with Gasteiger partial charge in [-0.25, -0.2) is 0 Å². The minimum Gasteiger partial charge on any atom is -0.387 e. The number of rotatable bonds is 4. The molecular weight excluding hydrogens is 242 g/mol. The van der Waals surface area contributed by atoms with Gasteiger partial charge in [-0.3, -0.25) is 4.90 Å². The van der Waals surface area contributed by atoms with Gasteiger partial charge in [-0.1, -0.05) is 31.5 Å². The van der Waals surface area contributed by atoms with Crippen LogP contribution in [0.3, 0.4) is 0 Å². The summed E-state index contributed by atoms with van der Waals surface area (Å²) < 4.78 is 0. The summed E-state index contributed by atoms with van der Waals surface area (Å²) >= 11 is 2.00. The third-order valence-electron chi connectivity index (χ3n) is 3.93. The largest absolute Gasteiger partial charge is 0.387 e. The molecule has 2 aliphatic rings. The van der Waals surface area contributed by atoms with Crippen LogP contribution in [-0.2, 0) is 6.42 Å². The first kappa shape index (κ1) is 12.5. The summed E-state index contributed by atoms with van der Waals surface area (Å²) in [7, 11) is 0. The molecule has 3 rings (SSSR count). The Morgan fingerprint density at radius 1 is 1.39 bits per heavy atom. The summed E-state index contributed by atoms with van der Waals surface area (Å²) in [4.78, 5) is 3.85. The van der Waals surface area contributed by atoms with Crippen molar-refractivity contribution in [2.24, 2.45) is 0 Å². The molecular formula is C15H21NOS. The van der Waals surface area contributed by atoms with Crippen molar-refractivity contribution in [3.63, 3.8) is 0 Å². The highest BCUT2D eigenvalue weighted by Crippen LogP contribution is 2.38. The fourth-order valence-electron chi connectivity index (χ4n) is 3.18. The van der Waals surface area contributed by atoms with Crippen LogP contribution >= 0.6 is 11.8 Å². The Morgan fingerprint density at radius 3 is 2.89 bits per heavy atom. The monoisotopic (exact) mass is 263 g/mol. The predicted molar refractivity (Wildman–Crippen MR) is 76.1 cm³/mol. The van der Waals surface area contributed by atoms with Crippen LogP contribution in [0.1, 0.15) is 25.3 Å². The van der Waals surface area contributed by atoms with E-state index < -0.39 is 0 Å². The van der Waals surface area contributed by atoms with Crippen LogP contribution in [-0.4, -0.2) is 40.5 Å². The van der Waals surface area contributed by atoms with Crippen LogP contribution in [0.4, 0.5) is 0 Å². The molecule has 0 spiro atoms. The lowest BCUT2D eigenvalue weighted by molar-refractivity contribution is -0.102. The van der Waals surface area contributed by atoms with E-state index in [1.54, 1.807) is 0 Å². The molecule has 0 amide bonds. The van der Waals surface area contributed by atoms with Crippen LogP contribution < -0.4 is 0 Å². The number of thioether (sulfide) groups is 1. The molecule has 1 atom stereocenters. The zero-order valence-corrected chi connectivity index (χ0v) is 11.7. The maximum absolute atomic E-state index is 10.2. The van der Waals surface area contributed by atoms with Crippen molar-refractivity contribution in [3.05, 3.63) is 29.8 Å². The van der Waals surface area contributed by atoms with Crippen molar-refractivity contribution in [3.8, 4) is 0 Å². The fourth-order valence-corrected chi connectivity index (χ4v) is 4.55. The number of hydrogen-bond acceptors (Lipinski definition) is 3. The van der Waals surface area contributed by atoms with E-state index in [0.717, 1.165) is 32.5 Å². The van der Waals surface area contributed by atoms with Crippen LogP contribution in [0.2, 0.25) is 0 Å². The SMILES string of the molecule is CCCC1(O)CN(CC2Cc3ccccc3S2)C1. The molecule has 2 nitrogen and oxygen atoms in total. The Balaban J connectivity index is 1.50. The predicted octanol–water partition coefficient (Wildman–Crippen LogP) is 2.55. The van der Waals surface area contributed by atoms with E-state index in [0.29, 0.717) is 5.25 Å². The zero-order chi connectivity index (χ0) is 12.6. The molecule has 3 heteroatoms. The van der Waals surface area contributed by atoms with Gasteiger partial charge in [-0.15, -0.1) is 11.8 Å². The summed E-state index contributed by atoms with van der Waals surface area (Å²) in [6, 6.07) is 8.72. The quantitative estimate of drug-likeness (QED) is 0.903. The van der Waals surface area contributed by atoms with Gasteiger partial charge in [0.15, 0.2) is 0 Å². The molecule has 0 saturated carbocycles. The molecule has 0 aromatic heterocycles. The van der Waals surface area contributed by atoms with Gasteiger partial charge in [0.1, 0.15) is 0 Å². The van der Waals surface area contributed by atoms with Gasteiger partial charge in [0.05, 0.1) is 5.60 Å². The first-order valence-corrected chi connectivity index (χ1v) is 7.76. The second kappa shape index (κ2) is 4.87. The van der Waals surface area contributed by atoms with Gasteiger partial charge in [0.25, 0.3) is 0 Å². The van der Waals surface area contributed by atoms with Crippen LogP contribution in [0, 0.1) is 0 Å². The molecule has 1 aromatic rings. The Labute approximate surface area is 113 Å². The number of fused-ring (bicyclic) bond motifs is 1. The molecule has 2 aliphatic heterocycles. The molecule has 2 heterocycles. The van der Waals surface area contributed by atoms with E-state index in [1.807, 2.05) is 11.8 Å². The van der Waals surface area contributed by atoms with E-state index in [4.69, 9.17) is 0 Å². The maximum atomic E-state index is 10.2. The van der Waals surface area contributed by atoms with Crippen molar-refractivity contribution in [2.45, 2.75) is 41.9 Å². The highest BCUT2D eigenvalue weighted by molar-refractivity contribution is 8.00. The fraction of sp³-hybridized carbons (Fsp3) is 0.600. The molecule has 1 saturated heterocycles. The summed E-state index contributed by atoms with van der Waals surface area (Å²) in [5.74, 6) is 0. The molecule has 1 fully saturated rings. The highest BCUT2D eigenvalue weighted by Gasteiger charge is 2.41. The lowest BCUT2D eigenvalue weighted by Gasteiger charge is -2.47. The number of β-amino-alcohol motifs (C(OH)–C–C–N with tert-alkyl or cyclic N) is 1. The third-order valence-corrected chi connectivity index (χ3v) is 5.23. The van der Waals surface area contributed by atoms with E-state index in [1.165, 1.54) is 16.9 Å². The molecule has 98 valence electrons. The lowest BCUT2D eigenvalue weighted by atomic mass is 9.89. The molecule has 1 N–H and O–H groups in total. The first-order chi connectivity index (χ1) is 8.68. The Kier molecular flexibility index (Phi) is 3.39. The van der Waals surface area contributed by atoms with E-state index >= 15 is 0 Å². The minimum atomic E-state index is -0.384. The van der Waals surface area contributed by atoms with Crippen molar-refractivity contribution in [1.82, 2.24) is 4.90 Å². The number of benzene rings is 1. The van der Waals surface area contributed by atoms with Crippen LogP contribution in [0.25, 0.3) is 0 Å². The summed E-state index contributed by atoms with van der Waals surface area (Å²) in [5, 5.41) is 10.9. The molecule has 18 heavy (non-hydrogen) atoms. The van der Waals surface area contributed by atoms with Gasteiger partial charge < -0.3 is 5.11 Å². The molecule has 0 aliphatic carbocycles. The minimum absolute atomic E-state index is 0.384. The van der Waals surface area contributed by atoms with Crippen molar-refractivity contribution in [2.75, 3.05) is 19.6 Å². The second-order valence-electron chi connectivity index (χ2n) is 5.70. The summed E-state index contributed by atoms with van der Waals surface area (Å²) in [6.07, 6.45) is 3.21. The lowest BCUT2D eigenvalue weighted by Crippen LogP contribution is -2.62. The van der Waals surface area contributed by atoms with Gasteiger partial charge in [0.2, 0.25) is 0 Å². The van der Waals surface area contributed by atoms with Crippen molar-refractivity contribution < 1.29 is 5.11 Å². The van der Waals surface area contributed by atoms with Crippen molar-refractivity contribution in [1.29, 1.82) is 0 Å². The van der Waals surface area contributed by atoms with Gasteiger partial charge in [-0.05, 0) is 24.5 Å². The number of likely N-dealkylation sites (tertiary alicyclic amines) is 1. The molecule has 1 unspecified atom stereocenters. The standard InChI is InChI=1S/C15H21NOS/c1-2-7-15(17)10-16(11-15)9-13-8-12-5-3-4-6-14(12)18-13/h3-6,13,17H,2,7-11H2,1H3. The third kappa shape index (κ3) is 2.44. The normalized spacial score (nSPS) is 25.8. The van der Waals surface area contributed by atoms with Gasteiger partial charge >= 0.3 is 0 Å². The second-order valence-corrected chi connectivity index (χ2v) is 7.04. The molecule has 0 bridgehead atoms. The number of aliphatic hydroxyl groups is 1. The van der Waals surface area contributed by atoms with Crippen LogP contribution in [0.5, 0.6) is 0 Å². The average molecular weight is 263 g/mol. The topological polar surface area (TPSA) is 23.5 Å². The van der Waals surface area contributed by atoms with E-state index in [2.05, 4.69) is 36.1 Å². The smallest absolute Gasteiger partial charge is 0.0900 e. The van der Waals surface area contributed by atoms with Crippen LogP contribution in [0.15, 0.2) is 29.2 Å². The first-order valence-electron chi connectivity index (χ1n) is 6.88. The highest BCUT2D eigenvalue weighted by atomic mass is 32.2. The Morgan fingerprint density at radius 2 is 2.17 bits per heavy atom. The zero-order valence-electron chi connectivity index (χ0n) is 10.9. The van der Waals surface area contributed by atoms with E-state index in [9.17, 15) is 5.11 Å². The maximum Gasteiger partial charge on any atom is 0.0900 e. The molecule has 0 radical (unpaired) electrons. The Bertz CT molecular complexity index is 403. The summed E-state index contributed by atoms with van der Waals surface area (Å²) in [6.45, 7) is 5.00. The summed E-state index contributed by atoms with van der Waals surface area (Å²) in [5.41, 5.74) is 1.11. The Hall–Kier alpha value is -0.510. The van der Waals surface area contributed by atoms with Gasteiger partial charge in [-0.2, -0.15) is 0 Å². The average Bonchev–Trinajstić information content (AvgIpc) is 2.69.